The highest BCUT2D eigenvalue weighted by atomic mass is 79.9. The van der Waals surface area contributed by atoms with Crippen LogP contribution in [0.25, 0.3) is 0 Å². The zero-order chi connectivity index (χ0) is 11.4. The van der Waals surface area contributed by atoms with Crippen LogP contribution in [0.2, 0.25) is 0 Å². The maximum Gasteiger partial charge on any atom is 0.224 e. The molecule has 0 aliphatic carbocycles. The minimum Gasteiger partial charge on any atom is -0.356 e. The summed E-state index contributed by atoms with van der Waals surface area (Å²) >= 11 is 3.46. The van der Waals surface area contributed by atoms with Crippen molar-refractivity contribution in [2.75, 3.05) is 23.8 Å². The maximum atomic E-state index is 4.44. The van der Waals surface area contributed by atoms with E-state index >= 15 is 0 Å². The van der Waals surface area contributed by atoms with Crippen molar-refractivity contribution in [1.82, 2.24) is 9.97 Å². The van der Waals surface area contributed by atoms with Crippen LogP contribution < -0.4 is 10.2 Å². The summed E-state index contributed by atoms with van der Waals surface area (Å²) in [6, 6.07) is 0.408. The van der Waals surface area contributed by atoms with E-state index in [0.717, 1.165) is 16.8 Å². The van der Waals surface area contributed by atoms with Gasteiger partial charge in [-0.05, 0) is 36.7 Å². The minimum atomic E-state index is 0.408. The molecule has 0 bridgehead atoms. The summed E-state index contributed by atoms with van der Waals surface area (Å²) in [5, 5.41) is 3.10. The standard InChI is InChI=1S/C10H17BrN4/c1-5-12-10-13-6-8(11)9(14-10)15(4)7(2)3/h6-7H,5H2,1-4H3,(H,12,13,14). The summed E-state index contributed by atoms with van der Waals surface area (Å²) in [6.07, 6.45) is 1.78. The monoisotopic (exact) mass is 272 g/mol. The number of nitrogens with one attached hydrogen (secondary N) is 1. The molecule has 0 atom stereocenters. The fraction of sp³-hybridized carbons (Fsp3) is 0.600. The van der Waals surface area contributed by atoms with Crippen molar-refractivity contribution in [3.05, 3.63) is 10.7 Å². The molecule has 0 saturated heterocycles. The fourth-order valence-electron chi connectivity index (χ4n) is 1.09. The van der Waals surface area contributed by atoms with Gasteiger partial charge in [0.1, 0.15) is 5.82 Å². The third-order valence-electron chi connectivity index (χ3n) is 2.17. The Morgan fingerprint density at radius 2 is 2.20 bits per heavy atom. The van der Waals surface area contributed by atoms with E-state index < -0.39 is 0 Å². The van der Waals surface area contributed by atoms with Crippen LogP contribution in [0, 0.1) is 0 Å². The predicted octanol–water partition coefficient (Wildman–Crippen LogP) is 2.52. The average Bonchev–Trinajstić information content (AvgIpc) is 2.20. The van der Waals surface area contributed by atoms with Crippen molar-refractivity contribution in [2.24, 2.45) is 0 Å². The van der Waals surface area contributed by atoms with Gasteiger partial charge in [0.25, 0.3) is 0 Å². The second-order valence-corrected chi connectivity index (χ2v) is 4.45. The van der Waals surface area contributed by atoms with Crippen molar-refractivity contribution in [3.63, 3.8) is 0 Å². The van der Waals surface area contributed by atoms with Crippen molar-refractivity contribution >= 4 is 27.7 Å². The minimum absolute atomic E-state index is 0.408. The van der Waals surface area contributed by atoms with Crippen molar-refractivity contribution < 1.29 is 0 Å². The number of halogens is 1. The average molecular weight is 273 g/mol. The van der Waals surface area contributed by atoms with Crippen LogP contribution in [-0.2, 0) is 0 Å². The lowest BCUT2D eigenvalue weighted by Gasteiger charge is -2.23. The summed E-state index contributed by atoms with van der Waals surface area (Å²) in [7, 11) is 2.02. The SMILES string of the molecule is CCNc1ncc(Br)c(N(C)C(C)C)n1. The first-order valence-electron chi connectivity index (χ1n) is 5.05. The Labute approximate surface area is 99.2 Å². The third-order valence-corrected chi connectivity index (χ3v) is 2.73. The summed E-state index contributed by atoms with van der Waals surface area (Å²) in [5.41, 5.74) is 0. The first kappa shape index (κ1) is 12.2. The first-order valence-corrected chi connectivity index (χ1v) is 5.84. The van der Waals surface area contributed by atoms with Gasteiger partial charge in [-0.25, -0.2) is 4.98 Å². The molecule has 4 nitrogen and oxygen atoms in total. The molecule has 1 N–H and O–H groups in total. The molecule has 15 heavy (non-hydrogen) atoms. The lowest BCUT2D eigenvalue weighted by atomic mass is 10.3. The van der Waals surface area contributed by atoms with Gasteiger partial charge < -0.3 is 10.2 Å². The summed E-state index contributed by atoms with van der Waals surface area (Å²) in [5.74, 6) is 1.58. The molecule has 0 amide bonds. The Morgan fingerprint density at radius 1 is 1.53 bits per heavy atom. The molecular weight excluding hydrogens is 256 g/mol. The zero-order valence-electron chi connectivity index (χ0n) is 9.58. The molecule has 1 aromatic heterocycles. The molecule has 0 aromatic carbocycles. The normalized spacial score (nSPS) is 10.5. The van der Waals surface area contributed by atoms with Crippen LogP contribution in [0.5, 0.6) is 0 Å². The second kappa shape index (κ2) is 5.30. The van der Waals surface area contributed by atoms with E-state index in [0.29, 0.717) is 12.0 Å². The molecule has 1 rings (SSSR count). The van der Waals surface area contributed by atoms with E-state index in [9.17, 15) is 0 Å². The quantitative estimate of drug-likeness (QED) is 0.915. The van der Waals surface area contributed by atoms with E-state index in [1.807, 2.05) is 14.0 Å². The van der Waals surface area contributed by atoms with Crippen LogP contribution in [0.3, 0.4) is 0 Å². The van der Waals surface area contributed by atoms with Crippen LogP contribution in [-0.4, -0.2) is 29.6 Å². The fourth-order valence-corrected chi connectivity index (χ4v) is 1.56. The van der Waals surface area contributed by atoms with Gasteiger partial charge in [-0.3, -0.25) is 0 Å². The van der Waals surface area contributed by atoms with E-state index in [4.69, 9.17) is 0 Å². The lowest BCUT2D eigenvalue weighted by molar-refractivity contribution is 0.739. The zero-order valence-corrected chi connectivity index (χ0v) is 11.2. The number of rotatable bonds is 4. The molecule has 0 aliphatic heterocycles. The van der Waals surface area contributed by atoms with E-state index in [1.165, 1.54) is 0 Å². The van der Waals surface area contributed by atoms with Crippen molar-refractivity contribution in [2.45, 2.75) is 26.8 Å². The van der Waals surface area contributed by atoms with Crippen LogP contribution in [0.15, 0.2) is 10.7 Å². The van der Waals surface area contributed by atoms with Gasteiger partial charge in [0.2, 0.25) is 5.95 Å². The van der Waals surface area contributed by atoms with Crippen LogP contribution in [0.1, 0.15) is 20.8 Å². The van der Waals surface area contributed by atoms with E-state index in [-0.39, 0.29) is 0 Å². The Kier molecular flexibility index (Phi) is 4.32. The third kappa shape index (κ3) is 3.06. The Hall–Kier alpha value is -0.840. The molecule has 0 spiro atoms. The summed E-state index contributed by atoms with van der Waals surface area (Å²) in [6.45, 7) is 7.10. The van der Waals surface area contributed by atoms with E-state index in [2.05, 4.69) is 50.0 Å². The molecule has 1 heterocycles. The van der Waals surface area contributed by atoms with Gasteiger partial charge >= 0.3 is 0 Å². The highest BCUT2D eigenvalue weighted by Gasteiger charge is 2.11. The van der Waals surface area contributed by atoms with E-state index in [1.54, 1.807) is 6.20 Å². The lowest BCUT2D eigenvalue weighted by Crippen LogP contribution is -2.27. The van der Waals surface area contributed by atoms with Crippen molar-refractivity contribution in [1.29, 1.82) is 0 Å². The first-order chi connectivity index (χ1) is 7.06. The highest BCUT2D eigenvalue weighted by Crippen LogP contribution is 2.24. The van der Waals surface area contributed by atoms with Crippen LogP contribution >= 0.6 is 15.9 Å². The summed E-state index contributed by atoms with van der Waals surface area (Å²) < 4.78 is 0.917. The van der Waals surface area contributed by atoms with Gasteiger partial charge in [0.15, 0.2) is 0 Å². The Bertz CT molecular complexity index is 327. The molecule has 0 unspecified atom stereocenters. The topological polar surface area (TPSA) is 41.1 Å². The number of anilines is 2. The molecule has 0 saturated carbocycles. The van der Waals surface area contributed by atoms with Gasteiger partial charge in [-0.15, -0.1) is 0 Å². The molecule has 5 heteroatoms. The predicted molar refractivity (Wildman–Crippen MR) is 67.4 cm³/mol. The highest BCUT2D eigenvalue weighted by molar-refractivity contribution is 9.10. The molecule has 0 fully saturated rings. The molecular formula is C10H17BrN4. The Morgan fingerprint density at radius 3 is 2.73 bits per heavy atom. The number of nitrogens with zero attached hydrogens (tertiary/aromatic N) is 3. The van der Waals surface area contributed by atoms with Gasteiger partial charge in [0.05, 0.1) is 4.47 Å². The van der Waals surface area contributed by atoms with Gasteiger partial charge in [-0.1, -0.05) is 0 Å². The number of hydrogen-bond acceptors (Lipinski definition) is 4. The van der Waals surface area contributed by atoms with Gasteiger partial charge in [0, 0.05) is 25.8 Å². The largest absolute Gasteiger partial charge is 0.356 e. The van der Waals surface area contributed by atoms with Crippen LogP contribution in [0.4, 0.5) is 11.8 Å². The molecule has 1 aromatic rings. The summed E-state index contributed by atoms with van der Waals surface area (Å²) in [4.78, 5) is 10.7. The molecule has 0 aliphatic rings. The number of hydrogen-bond donors (Lipinski definition) is 1. The Balaban J connectivity index is 2.99. The second-order valence-electron chi connectivity index (χ2n) is 3.60. The molecule has 0 radical (unpaired) electrons. The maximum absolute atomic E-state index is 4.44. The van der Waals surface area contributed by atoms with Crippen molar-refractivity contribution in [3.8, 4) is 0 Å². The van der Waals surface area contributed by atoms with Gasteiger partial charge in [-0.2, -0.15) is 4.98 Å². The smallest absolute Gasteiger partial charge is 0.224 e. The number of aromatic nitrogens is 2. The molecule has 84 valence electrons.